The summed E-state index contributed by atoms with van der Waals surface area (Å²) in [4.78, 5) is 13.1. The Morgan fingerprint density at radius 2 is 1.48 bits per heavy atom. The van der Waals surface area contributed by atoms with E-state index in [0.29, 0.717) is 11.3 Å². The molecule has 33 heavy (non-hydrogen) atoms. The van der Waals surface area contributed by atoms with Gasteiger partial charge in [0.15, 0.2) is 0 Å². The molecule has 0 aliphatic rings. The predicted molar refractivity (Wildman–Crippen MR) is 129 cm³/mol. The molecule has 166 valence electrons. The summed E-state index contributed by atoms with van der Waals surface area (Å²) < 4.78 is 34.3. The van der Waals surface area contributed by atoms with Crippen molar-refractivity contribution in [2.45, 2.75) is 17.9 Å². The van der Waals surface area contributed by atoms with Gasteiger partial charge >= 0.3 is 5.97 Å². The molecule has 0 bridgehead atoms. The molecule has 1 N–H and O–H groups in total. The summed E-state index contributed by atoms with van der Waals surface area (Å²) in [5.74, 6) is -0.362. The fourth-order valence-electron chi connectivity index (χ4n) is 3.45. The largest absolute Gasteiger partial charge is 0.423 e. The van der Waals surface area contributed by atoms with Crippen LogP contribution in [0.15, 0.2) is 114 Å². The molecule has 0 fully saturated rings. The molecule has 0 saturated carbocycles. The zero-order valence-electron chi connectivity index (χ0n) is 18.1. The van der Waals surface area contributed by atoms with Gasteiger partial charge in [0.05, 0.1) is 16.5 Å². The first-order valence-electron chi connectivity index (χ1n) is 10.4. The third-order valence-corrected chi connectivity index (χ3v) is 6.72. The van der Waals surface area contributed by atoms with Gasteiger partial charge in [0.1, 0.15) is 5.75 Å². The van der Waals surface area contributed by atoms with Gasteiger partial charge in [0, 0.05) is 0 Å². The quantitative estimate of drug-likeness (QED) is 0.231. The van der Waals surface area contributed by atoms with Gasteiger partial charge < -0.3 is 4.74 Å². The second kappa shape index (κ2) is 9.40. The Hall–Kier alpha value is -3.74. The molecule has 5 nitrogen and oxygen atoms in total. The van der Waals surface area contributed by atoms with Gasteiger partial charge in [-0.15, -0.1) is 0 Å². The maximum Gasteiger partial charge on any atom is 0.340 e. The minimum absolute atomic E-state index is 0.0231. The number of rotatable bonds is 7. The van der Waals surface area contributed by atoms with E-state index < -0.39 is 22.0 Å². The van der Waals surface area contributed by atoms with Crippen molar-refractivity contribution in [2.24, 2.45) is 0 Å². The van der Waals surface area contributed by atoms with Gasteiger partial charge in [-0.25, -0.2) is 13.2 Å². The number of aryl methyl sites for hydroxylation is 1. The van der Waals surface area contributed by atoms with Gasteiger partial charge in [-0.3, -0.25) is 0 Å². The molecule has 6 heteroatoms. The summed E-state index contributed by atoms with van der Waals surface area (Å²) >= 11 is 0. The van der Waals surface area contributed by atoms with Crippen molar-refractivity contribution < 1.29 is 17.9 Å². The molecule has 1 atom stereocenters. The van der Waals surface area contributed by atoms with E-state index in [0.717, 1.165) is 16.3 Å². The lowest BCUT2D eigenvalue weighted by molar-refractivity contribution is -0.130. The summed E-state index contributed by atoms with van der Waals surface area (Å²) in [6.45, 7) is 5.76. The first-order chi connectivity index (χ1) is 15.8. The second-order valence-corrected chi connectivity index (χ2v) is 9.42. The van der Waals surface area contributed by atoms with Crippen LogP contribution in [0.2, 0.25) is 0 Å². The molecule has 0 amide bonds. The van der Waals surface area contributed by atoms with Crippen LogP contribution in [0.5, 0.6) is 5.75 Å². The summed E-state index contributed by atoms with van der Waals surface area (Å²) in [6, 6.07) is 27.3. The molecule has 4 aromatic carbocycles. The van der Waals surface area contributed by atoms with Crippen LogP contribution in [-0.2, 0) is 14.8 Å². The van der Waals surface area contributed by atoms with Crippen LogP contribution >= 0.6 is 0 Å². The van der Waals surface area contributed by atoms with E-state index in [-0.39, 0.29) is 10.5 Å². The molecule has 4 aromatic rings. The van der Waals surface area contributed by atoms with Crippen LogP contribution in [0.25, 0.3) is 10.8 Å². The number of ether oxygens (including phenoxy) is 1. The number of carbonyl (C=O) groups excluding carboxylic acids is 1. The summed E-state index contributed by atoms with van der Waals surface area (Å²) in [7, 11) is -3.92. The highest BCUT2D eigenvalue weighted by atomic mass is 32.2. The Balaban J connectivity index is 1.61. The van der Waals surface area contributed by atoms with Crippen molar-refractivity contribution in [3.8, 4) is 5.75 Å². The third-order valence-electron chi connectivity index (χ3n) is 5.28. The normalized spacial score (nSPS) is 12.3. The van der Waals surface area contributed by atoms with Crippen molar-refractivity contribution >= 4 is 26.8 Å². The lowest BCUT2D eigenvalue weighted by Gasteiger charge is -2.21. The van der Waals surface area contributed by atoms with Crippen molar-refractivity contribution in [1.29, 1.82) is 0 Å². The van der Waals surface area contributed by atoms with Gasteiger partial charge in [0.25, 0.3) is 0 Å². The van der Waals surface area contributed by atoms with E-state index >= 15 is 0 Å². The Morgan fingerprint density at radius 3 is 2.18 bits per heavy atom. The lowest BCUT2D eigenvalue weighted by Crippen LogP contribution is -2.32. The van der Waals surface area contributed by atoms with Crippen LogP contribution in [0.1, 0.15) is 17.2 Å². The van der Waals surface area contributed by atoms with Gasteiger partial charge in [0.2, 0.25) is 10.0 Å². The molecule has 0 saturated heterocycles. The van der Waals surface area contributed by atoms with E-state index in [9.17, 15) is 13.2 Å². The standard InChI is InChI=1S/C27H23NO4S/c1-19-12-16-25(17-13-19)33(30,31)28-26(22-9-4-3-5-10-22)20(2)27(29)32-24-15-14-21-8-6-7-11-23(21)18-24/h3-18,26,28H,2H2,1H3. The molecule has 0 spiro atoms. The average molecular weight is 458 g/mol. The van der Waals surface area contributed by atoms with Gasteiger partial charge in [-0.1, -0.05) is 84.9 Å². The van der Waals surface area contributed by atoms with Crippen molar-refractivity contribution in [3.63, 3.8) is 0 Å². The number of nitrogens with one attached hydrogen (secondary N) is 1. The third kappa shape index (κ3) is 5.19. The van der Waals surface area contributed by atoms with E-state index in [4.69, 9.17) is 4.74 Å². The SMILES string of the molecule is C=C(C(=O)Oc1ccc2ccccc2c1)C(NS(=O)(=O)c1ccc(C)cc1)c1ccccc1. The van der Waals surface area contributed by atoms with Crippen LogP contribution in [-0.4, -0.2) is 14.4 Å². The molecular weight excluding hydrogens is 434 g/mol. The molecular formula is C27H23NO4S. The number of benzene rings is 4. The van der Waals surface area contributed by atoms with E-state index in [1.165, 1.54) is 12.1 Å². The zero-order valence-corrected chi connectivity index (χ0v) is 18.9. The number of fused-ring (bicyclic) bond motifs is 1. The Bertz CT molecular complexity index is 1410. The Morgan fingerprint density at radius 1 is 0.848 bits per heavy atom. The van der Waals surface area contributed by atoms with Crippen molar-refractivity contribution in [1.82, 2.24) is 4.72 Å². The maximum absolute atomic E-state index is 13.1. The highest BCUT2D eigenvalue weighted by Gasteiger charge is 2.28. The molecule has 4 rings (SSSR count). The molecule has 0 heterocycles. The van der Waals surface area contributed by atoms with Crippen LogP contribution in [0, 0.1) is 6.92 Å². The van der Waals surface area contributed by atoms with Gasteiger partial charge in [-0.05, 0) is 47.5 Å². The number of hydrogen-bond donors (Lipinski definition) is 1. The summed E-state index contributed by atoms with van der Waals surface area (Å²) in [6.07, 6.45) is 0. The number of hydrogen-bond acceptors (Lipinski definition) is 4. The van der Waals surface area contributed by atoms with E-state index in [2.05, 4.69) is 11.3 Å². The summed E-state index contributed by atoms with van der Waals surface area (Å²) in [5.41, 5.74) is 1.50. The Kier molecular flexibility index (Phi) is 6.40. The first kappa shape index (κ1) is 22.5. The van der Waals surface area contributed by atoms with Gasteiger partial charge in [-0.2, -0.15) is 4.72 Å². The zero-order chi connectivity index (χ0) is 23.4. The number of sulfonamides is 1. The fraction of sp³-hybridized carbons (Fsp3) is 0.0741. The highest BCUT2D eigenvalue weighted by molar-refractivity contribution is 7.89. The molecule has 0 aliphatic carbocycles. The second-order valence-electron chi connectivity index (χ2n) is 7.70. The van der Waals surface area contributed by atoms with Crippen LogP contribution in [0.4, 0.5) is 0 Å². The van der Waals surface area contributed by atoms with Crippen molar-refractivity contribution in [3.05, 3.63) is 120 Å². The average Bonchev–Trinajstić information content (AvgIpc) is 2.83. The number of carbonyl (C=O) groups is 1. The van der Waals surface area contributed by atoms with E-state index in [1.807, 2.05) is 43.3 Å². The fourth-order valence-corrected chi connectivity index (χ4v) is 4.67. The predicted octanol–water partition coefficient (Wildman–Crippen LogP) is 5.33. The molecule has 1 unspecified atom stereocenters. The molecule has 0 radical (unpaired) electrons. The summed E-state index contributed by atoms with van der Waals surface area (Å²) in [5, 5.41) is 1.94. The first-order valence-corrected chi connectivity index (χ1v) is 11.9. The smallest absolute Gasteiger partial charge is 0.340 e. The molecule has 0 aromatic heterocycles. The van der Waals surface area contributed by atoms with Crippen LogP contribution < -0.4 is 9.46 Å². The minimum Gasteiger partial charge on any atom is -0.423 e. The van der Waals surface area contributed by atoms with Crippen LogP contribution in [0.3, 0.4) is 0 Å². The minimum atomic E-state index is -3.92. The lowest BCUT2D eigenvalue weighted by atomic mass is 10.0. The highest BCUT2D eigenvalue weighted by Crippen LogP contribution is 2.27. The maximum atomic E-state index is 13.1. The van der Waals surface area contributed by atoms with Crippen molar-refractivity contribution in [2.75, 3.05) is 0 Å². The topological polar surface area (TPSA) is 72.5 Å². The molecule has 0 aliphatic heterocycles. The number of esters is 1. The monoisotopic (exact) mass is 457 g/mol. The Labute approximate surface area is 193 Å². The van der Waals surface area contributed by atoms with E-state index in [1.54, 1.807) is 48.5 Å².